The number of piperazine rings is 1. The van der Waals surface area contributed by atoms with Crippen molar-refractivity contribution in [2.45, 2.75) is 25.4 Å². The van der Waals surface area contributed by atoms with Crippen LogP contribution in [-0.4, -0.2) is 68.2 Å². The fraction of sp³-hybridized carbons (Fsp3) is 0.684. The molecule has 2 unspecified atom stereocenters. The molecule has 5 nitrogen and oxygen atoms in total. The standard InChI is InChI=1S/C19H33N5/c1-19(2,24-11-9-23(3)10-12-24)15-20-13-17-14-21-22-18(17)16-7-5-4-6-8-16/h4-8,17-18,20-22H,9-15H2,1-3H3. The van der Waals surface area contributed by atoms with Crippen molar-refractivity contribution in [2.24, 2.45) is 5.92 Å². The number of benzene rings is 1. The minimum atomic E-state index is 0.211. The summed E-state index contributed by atoms with van der Waals surface area (Å²) in [6, 6.07) is 11.1. The van der Waals surface area contributed by atoms with E-state index in [9.17, 15) is 0 Å². The monoisotopic (exact) mass is 331 g/mol. The largest absolute Gasteiger partial charge is 0.315 e. The van der Waals surface area contributed by atoms with E-state index in [0.717, 1.165) is 19.6 Å². The molecule has 2 aliphatic rings. The molecule has 2 atom stereocenters. The van der Waals surface area contributed by atoms with E-state index in [4.69, 9.17) is 0 Å². The van der Waals surface area contributed by atoms with Crippen LogP contribution in [0.3, 0.4) is 0 Å². The number of hydrogen-bond donors (Lipinski definition) is 3. The topological polar surface area (TPSA) is 42.6 Å². The van der Waals surface area contributed by atoms with Gasteiger partial charge in [0.1, 0.15) is 0 Å². The molecule has 0 bridgehead atoms. The normalized spacial score (nSPS) is 26.8. The van der Waals surface area contributed by atoms with Crippen LogP contribution >= 0.6 is 0 Å². The SMILES string of the molecule is CN1CCN(C(C)(C)CNCC2CNNC2c2ccccc2)CC1. The molecular weight excluding hydrogens is 298 g/mol. The first-order chi connectivity index (χ1) is 11.6. The average molecular weight is 332 g/mol. The van der Waals surface area contributed by atoms with Crippen LogP contribution < -0.4 is 16.2 Å². The average Bonchev–Trinajstić information content (AvgIpc) is 3.04. The quantitative estimate of drug-likeness (QED) is 0.728. The van der Waals surface area contributed by atoms with Crippen LogP contribution in [0.5, 0.6) is 0 Å². The molecule has 1 aromatic rings. The van der Waals surface area contributed by atoms with Gasteiger partial charge in [0.05, 0.1) is 6.04 Å². The highest BCUT2D eigenvalue weighted by Crippen LogP contribution is 2.24. The van der Waals surface area contributed by atoms with Gasteiger partial charge in [0.25, 0.3) is 0 Å². The molecule has 3 rings (SSSR count). The molecule has 2 fully saturated rings. The molecule has 2 saturated heterocycles. The zero-order valence-electron chi connectivity index (χ0n) is 15.4. The molecule has 0 spiro atoms. The Kier molecular flexibility index (Phi) is 5.89. The van der Waals surface area contributed by atoms with E-state index >= 15 is 0 Å². The van der Waals surface area contributed by atoms with Crippen molar-refractivity contribution in [3.8, 4) is 0 Å². The summed E-state index contributed by atoms with van der Waals surface area (Å²) in [7, 11) is 2.21. The number of nitrogens with zero attached hydrogens (tertiary/aromatic N) is 2. The highest BCUT2D eigenvalue weighted by Gasteiger charge is 2.31. The molecule has 134 valence electrons. The summed E-state index contributed by atoms with van der Waals surface area (Å²) in [6.45, 7) is 12.5. The van der Waals surface area contributed by atoms with Crippen molar-refractivity contribution in [2.75, 3.05) is 52.9 Å². The number of rotatable bonds is 6. The van der Waals surface area contributed by atoms with Crippen LogP contribution in [-0.2, 0) is 0 Å². The number of likely N-dealkylation sites (N-methyl/N-ethyl adjacent to an activating group) is 1. The van der Waals surface area contributed by atoms with E-state index < -0.39 is 0 Å². The molecule has 3 N–H and O–H groups in total. The predicted octanol–water partition coefficient (Wildman–Crippen LogP) is 1.07. The van der Waals surface area contributed by atoms with Crippen LogP contribution in [0.1, 0.15) is 25.5 Å². The lowest BCUT2D eigenvalue weighted by Gasteiger charge is -2.43. The van der Waals surface area contributed by atoms with Gasteiger partial charge in [0.15, 0.2) is 0 Å². The Bertz CT molecular complexity index is 496. The minimum Gasteiger partial charge on any atom is -0.315 e. The van der Waals surface area contributed by atoms with Crippen LogP contribution in [0.25, 0.3) is 0 Å². The molecule has 0 amide bonds. The Morgan fingerprint density at radius 1 is 1.12 bits per heavy atom. The minimum absolute atomic E-state index is 0.211. The predicted molar refractivity (Wildman–Crippen MR) is 99.8 cm³/mol. The summed E-state index contributed by atoms with van der Waals surface area (Å²) in [6.07, 6.45) is 0. The van der Waals surface area contributed by atoms with Crippen LogP contribution in [0.2, 0.25) is 0 Å². The fourth-order valence-electron chi connectivity index (χ4n) is 3.83. The van der Waals surface area contributed by atoms with Gasteiger partial charge in [-0.15, -0.1) is 0 Å². The van der Waals surface area contributed by atoms with Gasteiger partial charge in [-0.05, 0) is 26.5 Å². The van der Waals surface area contributed by atoms with Crippen molar-refractivity contribution >= 4 is 0 Å². The summed E-state index contributed by atoms with van der Waals surface area (Å²) in [5.41, 5.74) is 8.34. The second kappa shape index (κ2) is 7.93. The van der Waals surface area contributed by atoms with E-state index in [1.165, 1.54) is 31.7 Å². The van der Waals surface area contributed by atoms with Crippen molar-refractivity contribution in [1.29, 1.82) is 0 Å². The molecule has 5 heteroatoms. The summed E-state index contributed by atoms with van der Waals surface area (Å²) in [4.78, 5) is 5.04. The highest BCUT2D eigenvalue weighted by molar-refractivity contribution is 5.20. The lowest BCUT2D eigenvalue weighted by atomic mass is 9.94. The van der Waals surface area contributed by atoms with E-state index in [0.29, 0.717) is 12.0 Å². The molecule has 0 radical (unpaired) electrons. The van der Waals surface area contributed by atoms with Gasteiger partial charge in [-0.25, -0.2) is 5.43 Å². The molecule has 0 aliphatic carbocycles. The van der Waals surface area contributed by atoms with E-state index in [-0.39, 0.29) is 5.54 Å². The van der Waals surface area contributed by atoms with Crippen molar-refractivity contribution < 1.29 is 0 Å². The van der Waals surface area contributed by atoms with Crippen LogP contribution in [0, 0.1) is 5.92 Å². The summed E-state index contributed by atoms with van der Waals surface area (Å²) < 4.78 is 0. The van der Waals surface area contributed by atoms with Gasteiger partial charge >= 0.3 is 0 Å². The fourth-order valence-corrected chi connectivity index (χ4v) is 3.83. The van der Waals surface area contributed by atoms with Gasteiger partial charge < -0.3 is 10.2 Å². The summed E-state index contributed by atoms with van der Waals surface area (Å²) >= 11 is 0. The molecule has 2 heterocycles. The zero-order valence-corrected chi connectivity index (χ0v) is 15.4. The van der Waals surface area contributed by atoms with Crippen molar-refractivity contribution in [3.63, 3.8) is 0 Å². The van der Waals surface area contributed by atoms with Gasteiger partial charge in [-0.3, -0.25) is 10.3 Å². The maximum absolute atomic E-state index is 3.74. The van der Waals surface area contributed by atoms with Gasteiger partial charge in [-0.1, -0.05) is 30.3 Å². The van der Waals surface area contributed by atoms with Crippen molar-refractivity contribution in [1.82, 2.24) is 26.0 Å². The van der Waals surface area contributed by atoms with E-state index in [1.807, 2.05) is 0 Å². The smallest absolute Gasteiger partial charge is 0.0515 e. The Labute approximate surface area is 146 Å². The molecule has 1 aromatic carbocycles. The third-order valence-electron chi connectivity index (χ3n) is 5.58. The summed E-state index contributed by atoms with van der Waals surface area (Å²) in [5, 5.41) is 3.74. The van der Waals surface area contributed by atoms with Crippen LogP contribution in [0.4, 0.5) is 0 Å². The Balaban J connectivity index is 1.48. The molecule has 0 saturated carbocycles. The first-order valence-electron chi connectivity index (χ1n) is 9.24. The Morgan fingerprint density at radius 3 is 2.54 bits per heavy atom. The second-order valence-electron chi connectivity index (χ2n) is 7.91. The van der Waals surface area contributed by atoms with Crippen LogP contribution in [0.15, 0.2) is 30.3 Å². The van der Waals surface area contributed by atoms with Gasteiger partial charge in [0.2, 0.25) is 0 Å². The first kappa shape index (κ1) is 17.8. The van der Waals surface area contributed by atoms with Crippen molar-refractivity contribution in [3.05, 3.63) is 35.9 Å². The first-order valence-corrected chi connectivity index (χ1v) is 9.24. The molecule has 0 aromatic heterocycles. The number of hydrazine groups is 1. The van der Waals surface area contributed by atoms with E-state index in [2.05, 4.69) is 77.2 Å². The Hall–Kier alpha value is -0.980. The number of hydrogen-bond acceptors (Lipinski definition) is 5. The lowest BCUT2D eigenvalue weighted by Crippen LogP contribution is -2.57. The van der Waals surface area contributed by atoms with Gasteiger partial charge in [-0.2, -0.15) is 0 Å². The third kappa shape index (κ3) is 4.35. The third-order valence-corrected chi connectivity index (χ3v) is 5.58. The zero-order chi connectivity index (χ0) is 17.0. The van der Waals surface area contributed by atoms with Gasteiger partial charge in [0, 0.05) is 57.3 Å². The second-order valence-corrected chi connectivity index (χ2v) is 7.91. The molecule has 2 aliphatic heterocycles. The maximum Gasteiger partial charge on any atom is 0.0515 e. The highest BCUT2D eigenvalue weighted by atomic mass is 15.4. The maximum atomic E-state index is 3.74. The lowest BCUT2D eigenvalue weighted by molar-refractivity contribution is 0.0614. The summed E-state index contributed by atoms with van der Waals surface area (Å²) in [5.74, 6) is 0.579. The number of nitrogens with one attached hydrogen (secondary N) is 3. The van der Waals surface area contributed by atoms with E-state index in [1.54, 1.807) is 0 Å². The Morgan fingerprint density at radius 2 is 1.83 bits per heavy atom. The molecule has 24 heavy (non-hydrogen) atoms. The molecular formula is C19H33N5.